The number of amides is 1. The van der Waals surface area contributed by atoms with Crippen LogP contribution in [0.1, 0.15) is 19.8 Å². The highest BCUT2D eigenvalue weighted by atomic mass is 19.3. The second-order valence-electron chi connectivity index (χ2n) is 2.13. The maximum absolute atomic E-state index is 11.6. The molecular formula is C6H11F2NO. The summed E-state index contributed by atoms with van der Waals surface area (Å²) in [6.07, 6.45) is -2.46. The van der Waals surface area contributed by atoms with Gasteiger partial charge in [-0.3, -0.25) is 4.79 Å². The molecule has 10 heavy (non-hydrogen) atoms. The summed E-state index contributed by atoms with van der Waals surface area (Å²) in [6.45, 7) is 1.66. The number of alkyl halides is 2. The third-order valence-corrected chi connectivity index (χ3v) is 1.36. The molecule has 1 atom stereocenters. The molecule has 2 N–H and O–H groups in total. The van der Waals surface area contributed by atoms with Crippen molar-refractivity contribution < 1.29 is 13.6 Å². The van der Waals surface area contributed by atoms with Gasteiger partial charge in [-0.15, -0.1) is 0 Å². The Balaban J connectivity index is 3.72. The monoisotopic (exact) mass is 151 g/mol. The third kappa shape index (κ3) is 3.37. The van der Waals surface area contributed by atoms with Gasteiger partial charge in [0.15, 0.2) is 0 Å². The summed E-state index contributed by atoms with van der Waals surface area (Å²) < 4.78 is 23.2. The molecular weight excluding hydrogens is 140 g/mol. The summed E-state index contributed by atoms with van der Waals surface area (Å²) in [7, 11) is 0. The smallest absolute Gasteiger partial charge is 0.239 e. The van der Waals surface area contributed by atoms with Gasteiger partial charge in [0.2, 0.25) is 12.3 Å². The first-order valence-electron chi connectivity index (χ1n) is 3.15. The van der Waals surface area contributed by atoms with Crippen LogP contribution in [0.2, 0.25) is 0 Å². The molecule has 0 aromatic heterocycles. The van der Waals surface area contributed by atoms with E-state index in [1.54, 1.807) is 6.92 Å². The van der Waals surface area contributed by atoms with Gasteiger partial charge < -0.3 is 5.73 Å². The van der Waals surface area contributed by atoms with Crippen molar-refractivity contribution in [1.82, 2.24) is 0 Å². The lowest BCUT2D eigenvalue weighted by molar-refractivity contribution is -0.123. The fraction of sp³-hybridized carbons (Fsp3) is 0.833. The van der Waals surface area contributed by atoms with Crippen molar-refractivity contribution in [2.75, 3.05) is 0 Å². The first kappa shape index (κ1) is 9.33. The summed E-state index contributed by atoms with van der Waals surface area (Å²) >= 11 is 0. The normalized spacial score (nSPS) is 13.6. The van der Waals surface area contributed by atoms with Crippen LogP contribution in [0.15, 0.2) is 0 Å². The van der Waals surface area contributed by atoms with Crippen LogP contribution in [-0.4, -0.2) is 12.3 Å². The second kappa shape index (κ2) is 4.19. The number of primary amides is 1. The summed E-state index contributed by atoms with van der Waals surface area (Å²) in [5, 5.41) is 0. The van der Waals surface area contributed by atoms with Crippen LogP contribution < -0.4 is 5.73 Å². The molecule has 4 heteroatoms. The van der Waals surface area contributed by atoms with Crippen molar-refractivity contribution in [3.63, 3.8) is 0 Å². The SMILES string of the molecule is CCC(CC(F)F)C(N)=O. The predicted octanol–water partition coefficient (Wildman–Crippen LogP) is 1.15. The van der Waals surface area contributed by atoms with Crippen LogP contribution in [0.3, 0.4) is 0 Å². The van der Waals surface area contributed by atoms with Crippen LogP contribution in [0.5, 0.6) is 0 Å². The molecule has 0 fully saturated rings. The number of carbonyl (C=O) groups excluding carboxylic acids is 1. The molecule has 0 aliphatic heterocycles. The van der Waals surface area contributed by atoms with E-state index < -0.39 is 24.7 Å². The molecule has 0 radical (unpaired) electrons. The van der Waals surface area contributed by atoms with Crippen molar-refractivity contribution >= 4 is 5.91 Å². The van der Waals surface area contributed by atoms with Crippen molar-refractivity contribution in [3.8, 4) is 0 Å². The van der Waals surface area contributed by atoms with Crippen molar-refractivity contribution in [3.05, 3.63) is 0 Å². The Morgan fingerprint density at radius 2 is 2.10 bits per heavy atom. The fourth-order valence-corrected chi connectivity index (χ4v) is 0.699. The predicted molar refractivity (Wildman–Crippen MR) is 33.6 cm³/mol. The van der Waals surface area contributed by atoms with E-state index in [4.69, 9.17) is 5.73 Å². The largest absolute Gasteiger partial charge is 0.369 e. The molecule has 0 aliphatic rings. The lowest BCUT2D eigenvalue weighted by Crippen LogP contribution is -2.24. The highest BCUT2D eigenvalue weighted by Crippen LogP contribution is 2.13. The van der Waals surface area contributed by atoms with E-state index >= 15 is 0 Å². The minimum absolute atomic E-state index is 0.389. The zero-order valence-corrected chi connectivity index (χ0v) is 5.81. The van der Waals surface area contributed by atoms with Crippen molar-refractivity contribution in [2.45, 2.75) is 26.2 Å². The summed E-state index contributed by atoms with van der Waals surface area (Å²) in [6, 6.07) is 0. The second-order valence-corrected chi connectivity index (χ2v) is 2.13. The topological polar surface area (TPSA) is 43.1 Å². The zero-order valence-electron chi connectivity index (χ0n) is 5.81. The summed E-state index contributed by atoms with van der Waals surface area (Å²) in [5.41, 5.74) is 4.82. The van der Waals surface area contributed by atoms with Gasteiger partial charge in [-0.25, -0.2) is 8.78 Å². The quantitative estimate of drug-likeness (QED) is 0.643. The Kier molecular flexibility index (Phi) is 3.91. The average molecular weight is 151 g/mol. The van der Waals surface area contributed by atoms with E-state index in [1.807, 2.05) is 0 Å². The average Bonchev–Trinajstić information content (AvgIpc) is 1.81. The van der Waals surface area contributed by atoms with Gasteiger partial charge >= 0.3 is 0 Å². The first-order valence-corrected chi connectivity index (χ1v) is 3.15. The lowest BCUT2D eigenvalue weighted by atomic mass is 10.0. The van der Waals surface area contributed by atoms with Crippen molar-refractivity contribution in [2.24, 2.45) is 11.7 Å². The minimum atomic E-state index is -2.43. The van der Waals surface area contributed by atoms with Crippen LogP contribution >= 0.6 is 0 Å². The molecule has 0 bridgehead atoms. The zero-order chi connectivity index (χ0) is 8.15. The van der Waals surface area contributed by atoms with E-state index in [9.17, 15) is 13.6 Å². The molecule has 0 saturated heterocycles. The molecule has 0 spiro atoms. The maximum atomic E-state index is 11.6. The van der Waals surface area contributed by atoms with Gasteiger partial charge in [0, 0.05) is 12.3 Å². The Morgan fingerprint density at radius 3 is 2.20 bits per heavy atom. The van der Waals surface area contributed by atoms with Crippen LogP contribution in [0, 0.1) is 5.92 Å². The first-order chi connectivity index (χ1) is 4.57. The van der Waals surface area contributed by atoms with Gasteiger partial charge in [0.05, 0.1) is 0 Å². The molecule has 0 saturated carbocycles. The Hall–Kier alpha value is -0.670. The van der Waals surface area contributed by atoms with Crippen LogP contribution in [0.4, 0.5) is 8.78 Å². The number of carbonyl (C=O) groups is 1. The standard InChI is InChI=1S/C6H11F2NO/c1-2-4(6(9)10)3-5(7)8/h4-5H,2-3H2,1H3,(H2,9,10). The van der Waals surface area contributed by atoms with E-state index in [0.717, 1.165) is 0 Å². The molecule has 2 nitrogen and oxygen atoms in total. The number of hydrogen-bond donors (Lipinski definition) is 1. The van der Waals surface area contributed by atoms with Crippen molar-refractivity contribution in [1.29, 1.82) is 0 Å². The van der Waals surface area contributed by atoms with E-state index in [-0.39, 0.29) is 0 Å². The Labute approximate surface area is 58.4 Å². The maximum Gasteiger partial charge on any atom is 0.239 e. The van der Waals surface area contributed by atoms with Gasteiger partial charge in [-0.1, -0.05) is 6.92 Å². The Bertz CT molecular complexity index is 116. The Morgan fingerprint density at radius 1 is 1.60 bits per heavy atom. The molecule has 0 aromatic rings. The van der Waals surface area contributed by atoms with Crippen LogP contribution in [-0.2, 0) is 4.79 Å². The minimum Gasteiger partial charge on any atom is -0.369 e. The van der Waals surface area contributed by atoms with E-state index in [1.165, 1.54) is 0 Å². The van der Waals surface area contributed by atoms with Gasteiger partial charge in [-0.05, 0) is 6.42 Å². The molecule has 1 unspecified atom stereocenters. The van der Waals surface area contributed by atoms with Gasteiger partial charge in [-0.2, -0.15) is 0 Å². The number of nitrogens with two attached hydrogens (primary N) is 1. The number of hydrogen-bond acceptors (Lipinski definition) is 1. The van der Waals surface area contributed by atoms with Gasteiger partial charge in [0.1, 0.15) is 0 Å². The molecule has 0 aliphatic carbocycles. The molecule has 60 valence electrons. The molecule has 0 aromatic carbocycles. The third-order valence-electron chi connectivity index (χ3n) is 1.36. The molecule has 0 rings (SSSR count). The number of halogens is 2. The molecule has 0 heterocycles. The molecule has 1 amide bonds. The number of rotatable bonds is 4. The summed E-state index contributed by atoms with van der Waals surface area (Å²) in [5.74, 6) is -1.30. The van der Waals surface area contributed by atoms with E-state index in [2.05, 4.69) is 0 Å². The lowest BCUT2D eigenvalue weighted by Gasteiger charge is -2.08. The van der Waals surface area contributed by atoms with E-state index in [0.29, 0.717) is 6.42 Å². The van der Waals surface area contributed by atoms with Gasteiger partial charge in [0.25, 0.3) is 0 Å². The summed E-state index contributed by atoms with van der Waals surface area (Å²) in [4.78, 5) is 10.4. The highest BCUT2D eigenvalue weighted by molar-refractivity contribution is 5.76. The fourth-order valence-electron chi connectivity index (χ4n) is 0.699. The highest BCUT2D eigenvalue weighted by Gasteiger charge is 2.17. The van der Waals surface area contributed by atoms with Crippen LogP contribution in [0.25, 0.3) is 0 Å².